The van der Waals surface area contributed by atoms with Gasteiger partial charge in [0.1, 0.15) is 0 Å². The quantitative estimate of drug-likeness (QED) is 0.915. The predicted octanol–water partition coefficient (Wildman–Crippen LogP) is 2.71. The lowest BCUT2D eigenvalue weighted by Gasteiger charge is -2.04. The average Bonchev–Trinajstić information content (AvgIpc) is 2.77. The molecule has 1 N–H and O–H groups in total. The first-order valence-electron chi connectivity index (χ1n) is 4.71. The van der Waals surface area contributed by atoms with E-state index in [9.17, 15) is 18.0 Å². The van der Waals surface area contributed by atoms with E-state index in [1.807, 2.05) is 0 Å². The summed E-state index contributed by atoms with van der Waals surface area (Å²) in [4.78, 5) is 18.4. The fourth-order valence-electron chi connectivity index (χ4n) is 1.15. The van der Waals surface area contributed by atoms with Crippen molar-refractivity contribution < 1.29 is 18.0 Å². The first-order valence-corrected chi connectivity index (χ1v) is 5.59. The Morgan fingerprint density at radius 2 is 1.94 bits per heavy atom. The van der Waals surface area contributed by atoms with E-state index in [4.69, 9.17) is 0 Å². The SMILES string of the molecule is O=C(Nc1nc(-c2ccncc2)cs1)C(F)(F)F. The van der Waals surface area contributed by atoms with Gasteiger partial charge in [-0.05, 0) is 12.1 Å². The van der Waals surface area contributed by atoms with Crippen molar-refractivity contribution in [3.8, 4) is 11.3 Å². The number of thiazole rings is 1. The molecule has 0 aliphatic heterocycles. The zero-order valence-corrected chi connectivity index (χ0v) is 9.55. The van der Waals surface area contributed by atoms with Crippen LogP contribution in [0.1, 0.15) is 0 Å². The van der Waals surface area contributed by atoms with Gasteiger partial charge in [-0.1, -0.05) is 0 Å². The van der Waals surface area contributed by atoms with Crippen molar-refractivity contribution >= 4 is 22.4 Å². The van der Waals surface area contributed by atoms with E-state index in [2.05, 4.69) is 9.97 Å². The van der Waals surface area contributed by atoms with Gasteiger partial charge in [-0.25, -0.2) is 4.98 Å². The molecular formula is C10H6F3N3OS. The predicted molar refractivity (Wildman–Crippen MR) is 60.0 cm³/mol. The maximum absolute atomic E-state index is 12.0. The van der Waals surface area contributed by atoms with E-state index in [0.717, 1.165) is 11.3 Å². The van der Waals surface area contributed by atoms with Crippen LogP contribution in [0.25, 0.3) is 11.3 Å². The third kappa shape index (κ3) is 2.83. The minimum Gasteiger partial charge on any atom is -0.294 e. The lowest BCUT2D eigenvalue weighted by molar-refractivity contribution is -0.167. The Hall–Kier alpha value is -1.96. The molecule has 94 valence electrons. The second-order valence-electron chi connectivity index (χ2n) is 3.23. The van der Waals surface area contributed by atoms with Crippen LogP contribution in [0.5, 0.6) is 0 Å². The van der Waals surface area contributed by atoms with Crippen molar-refractivity contribution in [2.24, 2.45) is 0 Å². The minimum atomic E-state index is -4.91. The molecule has 0 aliphatic carbocycles. The van der Waals surface area contributed by atoms with Crippen LogP contribution in [0.2, 0.25) is 0 Å². The molecule has 0 spiro atoms. The topological polar surface area (TPSA) is 54.9 Å². The summed E-state index contributed by atoms with van der Waals surface area (Å²) in [5.74, 6) is -2.03. The molecular weight excluding hydrogens is 267 g/mol. The van der Waals surface area contributed by atoms with E-state index in [1.54, 1.807) is 35.2 Å². The Morgan fingerprint density at radius 3 is 2.56 bits per heavy atom. The summed E-state index contributed by atoms with van der Waals surface area (Å²) >= 11 is 0.925. The number of alkyl halides is 3. The van der Waals surface area contributed by atoms with Gasteiger partial charge in [-0.2, -0.15) is 13.2 Å². The molecule has 0 atom stereocenters. The molecule has 1 amide bonds. The summed E-state index contributed by atoms with van der Waals surface area (Å²) in [6.07, 6.45) is -1.83. The highest BCUT2D eigenvalue weighted by Gasteiger charge is 2.39. The van der Waals surface area contributed by atoms with Gasteiger partial charge in [0.05, 0.1) is 5.69 Å². The van der Waals surface area contributed by atoms with Crippen molar-refractivity contribution in [1.29, 1.82) is 0 Å². The van der Waals surface area contributed by atoms with Gasteiger partial charge in [-0.3, -0.25) is 15.1 Å². The summed E-state index contributed by atoms with van der Waals surface area (Å²) < 4.78 is 36.1. The van der Waals surface area contributed by atoms with Gasteiger partial charge in [0.25, 0.3) is 0 Å². The van der Waals surface area contributed by atoms with Crippen LogP contribution < -0.4 is 5.32 Å². The molecule has 0 bridgehead atoms. The van der Waals surface area contributed by atoms with Crippen molar-refractivity contribution in [1.82, 2.24) is 9.97 Å². The molecule has 4 nitrogen and oxygen atoms in total. The van der Waals surface area contributed by atoms with Gasteiger partial charge < -0.3 is 0 Å². The average molecular weight is 273 g/mol. The number of carbonyl (C=O) groups is 1. The normalized spacial score (nSPS) is 11.3. The maximum atomic E-state index is 12.0. The van der Waals surface area contributed by atoms with Crippen LogP contribution in [-0.2, 0) is 4.79 Å². The number of aromatic nitrogens is 2. The van der Waals surface area contributed by atoms with Gasteiger partial charge in [-0.15, -0.1) is 11.3 Å². The van der Waals surface area contributed by atoms with Gasteiger partial charge in [0.15, 0.2) is 5.13 Å². The zero-order chi connectivity index (χ0) is 13.2. The summed E-state index contributed by atoms with van der Waals surface area (Å²) in [5.41, 5.74) is 1.20. The van der Waals surface area contributed by atoms with Crippen LogP contribution in [0.15, 0.2) is 29.9 Å². The highest BCUT2D eigenvalue weighted by molar-refractivity contribution is 7.14. The number of amides is 1. The summed E-state index contributed by atoms with van der Waals surface area (Å²) in [6.45, 7) is 0. The molecule has 0 unspecified atom stereocenters. The number of nitrogens with one attached hydrogen (secondary N) is 1. The Labute approximate surface area is 104 Å². The number of pyridine rings is 1. The van der Waals surface area contributed by atoms with E-state index < -0.39 is 12.1 Å². The van der Waals surface area contributed by atoms with Crippen molar-refractivity contribution in [2.45, 2.75) is 6.18 Å². The second-order valence-corrected chi connectivity index (χ2v) is 4.08. The Balaban J connectivity index is 2.15. The molecule has 2 heterocycles. The molecule has 0 aromatic carbocycles. The number of hydrogen-bond acceptors (Lipinski definition) is 4. The number of rotatable bonds is 2. The standard InChI is InChI=1S/C10H6F3N3OS/c11-10(12,13)8(17)16-9-15-7(5-18-9)6-1-3-14-4-2-6/h1-5H,(H,15,16,17). The monoisotopic (exact) mass is 273 g/mol. The third-order valence-electron chi connectivity index (χ3n) is 1.96. The fourth-order valence-corrected chi connectivity index (χ4v) is 1.87. The number of halogens is 3. The van der Waals surface area contributed by atoms with Gasteiger partial charge >= 0.3 is 12.1 Å². The Bertz CT molecular complexity index is 553. The summed E-state index contributed by atoms with van der Waals surface area (Å²) in [6, 6.07) is 3.34. The Kier molecular flexibility index (Phi) is 3.28. The molecule has 0 aliphatic rings. The molecule has 8 heteroatoms. The highest BCUT2D eigenvalue weighted by Crippen LogP contribution is 2.25. The maximum Gasteiger partial charge on any atom is 0.471 e. The molecule has 2 aromatic rings. The van der Waals surface area contributed by atoms with E-state index >= 15 is 0 Å². The van der Waals surface area contributed by atoms with Crippen molar-refractivity contribution in [2.75, 3.05) is 5.32 Å². The summed E-state index contributed by atoms with van der Waals surface area (Å²) in [7, 11) is 0. The smallest absolute Gasteiger partial charge is 0.294 e. The number of hydrogen-bond donors (Lipinski definition) is 1. The van der Waals surface area contributed by atoms with Gasteiger partial charge in [0, 0.05) is 23.3 Å². The minimum absolute atomic E-state index is 0.0934. The lowest BCUT2D eigenvalue weighted by atomic mass is 10.2. The van der Waals surface area contributed by atoms with Crippen molar-refractivity contribution in [3.05, 3.63) is 29.9 Å². The fraction of sp³-hybridized carbons (Fsp3) is 0.100. The van der Waals surface area contributed by atoms with E-state index in [-0.39, 0.29) is 5.13 Å². The lowest BCUT2D eigenvalue weighted by Crippen LogP contribution is -2.29. The molecule has 0 saturated carbocycles. The molecule has 18 heavy (non-hydrogen) atoms. The highest BCUT2D eigenvalue weighted by atomic mass is 32.1. The number of nitrogens with zero attached hydrogens (tertiary/aromatic N) is 2. The first-order chi connectivity index (χ1) is 8.47. The molecule has 2 aromatic heterocycles. The van der Waals surface area contributed by atoms with Crippen LogP contribution >= 0.6 is 11.3 Å². The second kappa shape index (κ2) is 4.73. The molecule has 0 saturated heterocycles. The number of anilines is 1. The molecule has 2 rings (SSSR count). The molecule has 0 fully saturated rings. The van der Waals surface area contributed by atoms with Crippen molar-refractivity contribution in [3.63, 3.8) is 0 Å². The van der Waals surface area contributed by atoms with E-state index in [1.165, 1.54) is 0 Å². The summed E-state index contributed by atoms with van der Waals surface area (Å²) in [5, 5.41) is 3.16. The zero-order valence-electron chi connectivity index (χ0n) is 8.73. The Morgan fingerprint density at radius 1 is 1.28 bits per heavy atom. The first kappa shape index (κ1) is 12.5. The largest absolute Gasteiger partial charge is 0.471 e. The number of carbonyl (C=O) groups excluding carboxylic acids is 1. The third-order valence-corrected chi connectivity index (χ3v) is 2.72. The van der Waals surface area contributed by atoms with Crippen LogP contribution in [-0.4, -0.2) is 22.1 Å². The van der Waals surface area contributed by atoms with Crippen LogP contribution in [0.3, 0.4) is 0 Å². The van der Waals surface area contributed by atoms with Crippen LogP contribution in [0.4, 0.5) is 18.3 Å². The molecule has 0 radical (unpaired) electrons. The van der Waals surface area contributed by atoms with Gasteiger partial charge in [0.2, 0.25) is 0 Å². The van der Waals surface area contributed by atoms with E-state index in [0.29, 0.717) is 11.3 Å². The van der Waals surface area contributed by atoms with Crippen LogP contribution in [0, 0.1) is 0 Å².